The average Bonchev–Trinajstić information content (AvgIpc) is 2.54. The van der Waals surface area contributed by atoms with Gasteiger partial charge in [-0.2, -0.15) is 0 Å². The summed E-state index contributed by atoms with van der Waals surface area (Å²) in [6.45, 7) is 14.2. The SMILES string of the molecule is CC(C)(C)C1OC2CCCCC2C1C(C)(C)C. The molecule has 0 bridgehead atoms. The average molecular weight is 238 g/mol. The summed E-state index contributed by atoms with van der Waals surface area (Å²) in [7, 11) is 0. The molecule has 100 valence electrons. The van der Waals surface area contributed by atoms with E-state index in [1.807, 2.05) is 0 Å². The van der Waals surface area contributed by atoms with Crippen LogP contribution in [0.3, 0.4) is 0 Å². The van der Waals surface area contributed by atoms with Gasteiger partial charge in [-0.3, -0.25) is 0 Å². The molecule has 2 fully saturated rings. The van der Waals surface area contributed by atoms with E-state index in [9.17, 15) is 0 Å². The number of fused-ring (bicyclic) bond motifs is 1. The van der Waals surface area contributed by atoms with E-state index in [0.29, 0.717) is 17.6 Å². The van der Waals surface area contributed by atoms with Crippen LogP contribution in [0.15, 0.2) is 0 Å². The normalized spacial score (nSPS) is 39.2. The van der Waals surface area contributed by atoms with Gasteiger partial charge in [-0.05, 0) is 35.5 Å². The summed E-state index contributed by atoms with van der Waals surface area (Å²) < 4.78 is 6.47. The lowest BCUT2D eigenvalue weighted by Gasteiger charge is -2.40. The van der Waals surface area contributed by atoms with Gasteiger partial charge in [-0.1, -0.05) is 54.4 Å². The number of rotatable bonds is 0. The van der Waals surface area contributed by atoms with Crippen LogP contribution in [0.1, 0.15) is 67.2 Å². The van der Waals surface area contributed by atoms with Gasteiger partial charge in [0.15, 0.2) is 0 Å². The topological polar surface area (TPSA) is 9.23 Å². The molecule has 4 unspecified atom stereocenters. The predicted octanol–water partition coefficient (Wildman–Crippen LogP) is 4.65. The first-order valence-electron chi connectivity index (χ1n) is 7.37. The second-order valence-electron chi connectivity index (χ2n) is 8.30. The van der Waals surface area contributed by atoms with Crippen LogP contribution in [0.5, 0.6) is 0 Å². The van der Waals surface area contributed by atoms with Gasteiger partial charge in [0.1, 0.15) is 0 Å². The van der Waals surface area contributed by atoms with Gasteiger partial charge >= 0.3 is 0 Å². The molecule has 0 aromatic rings. The van der Waals surface area contributed by atoms with Crippen LogP contribution in [0, 0.1) is 22.7 Å². The Balaban J connectivity index is 2.27. The monoisotopic (exact) mass is 238 g/mol. The second-order valence-corrected chi connectivity index (χ2v) is 8.30. The van der Waals surface area contributed by atoms with Gasteiger partial charge in [0, 0.05) is 0 Å². The Bertz CT molecular complexity index is 268. The maximum Gasteiger partial charge on any atom is 0.0664 e. The zero-order valence-electron chi connectivity index (χ0n) is 12.5. The highest BCUT2D eigenvalue weighted by Gasteiger charge is 2.53. The lowest BCUT2D eigenvalue weighted by Crippen LogP contribution is -2.40. The van der Waals surface area contributed by atoms with Crippen molar-refractivity contribution < 1.29 is 4.74 Å². The van der Waals surface area contributed by atoms with Crippen molar-refractivity contribution in [3.8, 4) is 0 Å². The molecule has 0 amide bonds. The first-order chi connectivity index (χ1) is 7.71. The van der Waals surface area contributed by atoms with Crippen LogP contribution in [0.2, 0.25) is 0 Å². The highest BCUT2D eigenvalue weighted by Crippen LogP contribution is 2.53. The van der Waals surface area contributed by atoms with Gasteiger partial charge in [0.2, 0.25) is 0 Å². The molecular weight excluding hydrogens is 208 g/mol. The molecule has 0 spiro atoms. The van der Waals surface area contributed by atoms with E-state index >= 15 is 0 Å². The molecule has 4 atom stereocenters. The first-order valence-corrected chi connectivity index (χ1v) is 7.37. The van der Waals surface area contributed by atoms with Crippen LogP contribution < -0.4 is 0 Å². The molecular formula is C16H30O. The second kappa shape index (κ2) is 4.26. The minimum Gasteiger partial charge on any atom is -0.374 e. The Labute approximate surface area is 107 Å². The third kappa shape index (κ3) is 2.54. The third-order valence-electron chi connectivity index (χ3n) is 4.72. The molecule has 0 aromatic heterocycles. The molecule has 1 saturated carbocycles. The van der Waals surface area contributed by atoms with Crippen LogP contribution in [0.25, 0.3) is 0 Å². The fourth-order valence-electron chi connectivity index (χ4n) is 4.04. The molecule has 0 N–H and O–H groups in total. The van der Waals surface area contributed by atoms with Crippen LogP contribution in [-0.4, -0.2) is 12.2 Å². The van der Waals surface area contributed by atoms with Crippen molar-refractivity contribution in [1.82, 2.24) is 0 Å². The van der Waals surface area contributed by atoms with E-state index in [-0.39, 0.29) is 5.41 Å². The van der Waals surface area contributed by atoms with Crippen molar-refractivity contribution in [1.29, 1.82) is 0 Å². The molecule has 2 aliphatic rings. The molecule has 1 nitrogen and oxygen atoms in total. The van der Waals surface area contributed by atoms with E-state index in [4.69, 9.17) is 4.74 Å². The van der Waals surface area contributed by atoms with E-state index in [1.54, 1.807) is 0 Å². The Morgan fingerprint density at radius 3 is 1.94 bits per heavy atom. The standard InChI is InChI=1S/C16H30O/c1-15(2,3)13-11-9-7-8-10-12(11)17-14(13)16(4,5)6/h11-14H,7-10H2,1-6H3. The van der Waals surface area contributed by atoms with E-state index < -0.39 is 0 Å². The quantitative estimate of drug-likeness (QED) is 0.597. The Morgan fingerprint density at radius 1 is 0.824 bits per heavy atom. The zero-order valence-corrected chi connectivity index (χ0v) is 12.5. The van der Waals surface area contributed by atoms with Crippen molar-refractivity contribution in [2.24, 2.45) is 22.7 Å². The third-order valence-corrected chi connectivity index (χ3v) is 4.72. The zero-order chi connectivity index (χ0) is 12.8. The highest BCUT2D eigenvalue weighted by molar-refractivity contribution is 5.00. The van der Waals surface area contributed by atoms with Crippen molar-refractivity contribution >= 4 is 0 Å². The van der Waals surface area contributed by atoms with Crippen molar-refractivity contribution in [3.05, 3.63) is 0 Å². The summed E-state index contributed by atoms with van der Waals surface area (Å²) in [5, 5.41) is 0. The lowest BCUT2D eigenvalue weighted by atomic mass is 9.63. The molecule has 0 aromatic carbocycles. The summed E-state index contributed by atoms with van der Waals surface area (Å²) >= 11 is 0. The molecule has 1 aliphatic carbocycles. The predicted molar refractivity (Wildman–Crippen MR) is 73.0 cm³/mol. The van der Waals surface area contributed by atoms with Crippen LogP contribution in [-0.2, 0) is 4.74 Å². The van der Waals surface area contributed by atoms with Gasteiger partial charge in [-0.15, -0.1) is 0 Å². The minimum absolute atomic E-state index is 0.273. The molecule has 0 radical (unpaired) electrons. The molecule has 1 aliphatic heterocycles. The summed E-state index contributed by atoms with van der Waals surface area (Å²) in [5.41, 5.74) is 0.643. The highest BCUT2D eigenvalue weighted by atomic mass is 16.5. The molecule has 17 heavy (non-hydrogen) atoms. The van der Waals surface area contributed by atoms with Crippen molar-refractivity contribution in [2.45, 2.75) is 79.4 Å². The smallest absolute Gasteiger partial charge is 0.0664 e. The van der Waals surface area contributed by atoms with Gasteiger partial charge in [-0.25, -0.2) is 0 Å². The molecule has 1 saturated heterocycles. The van der Waals surface area contributed by atoms with Gasteiger partial charge in [0.25, 0.3) is 0 Å². The van der Waals surface area contributed by atoms with Crippen molar-refractivity contribution in [3.63, 3.8) is 0 Å². The molecule has 1 heterocycles. The largest absolute Gasteiger partial charge is 0.374 e. The maximum absolute atomic E-state index is 6.47. The van der Waals surface area contributed by atoms with E-state index in [2.05, 4.69) is 41.5 Å². The van der Waals surface area contributed by atoms with Gasteiger partial charge < -0.3 is 4.74 Å². The minimum atomic E-state index is 0.273. The van der Waals surface area contributed by atoms with Crippen molar-refractivity contribution in [2.75, 3.05) is 0 Å². The Morgan fingerprint density at radius 2 is 1.41 bits per heavy atom. The Kier molecular flexibility index (Phi) is 3.36. The summed E-state index contributed by atoms with van der Waals surface area (Å²) in [6.07, 6.45) is 6.46. The number of ether oxygens (including phenoxy) is 1. The Hall–Kier alpha value is -0.0400. The fraction of sp³-hybridized carbons (Fsp3) is 1.00. The first kappa shape index (κ1) is 13.4. The van der Waals surface area contributed by atoms with Crippen LogP contribution in [0.4, 0.5) is 0 Å². The summed E-state index contributed by atoms with van der Waals surface area (Å²) in [4.78, 5) is 0. The van der Waals surface area contributed by atoms with E-state index in [1.165, 1.54) is 25.7 Å². The summed E-state index contributed by atoms with van der Waals surface area (Å²) in [5.74, 6) is 1.54. The van der Waals surface area contributed by atoms with E-state index in [0.717, 1.165) is 11.8 Å². The summed E-state index contributed by atoms with van der Waals surface area (Å²) in [6, 6.07) is 0. The van der Waals surface area contributed by atoms with Gasteiger partial charge in [0.05, 0.1) is 12.2 Å². The number of hydrogen-bond acceptors (Lipinski definition) is 1. The van der Waals surface area contributed by atoms with Crippen LogP contribution >= 0.6 is 0 Å². The maximum atomic E-state index is 6.47. The molecule has 1 heteroatoms. The fourth-order valence-corrected chi connectivity index (χ4v) is 4.04. The lowest BCUT2D eigenvalue weighted by molar-refractivity contribution is -0.0491. The number of hydrogen-bond donors (Lipinski definition) is 0. The molecule has 2 rings (SSSR count).